The number of aromatic nitrogens is 4. The molecule has 2 aromatic heterocycles. The molecule has 278 valence electrons. The van der Waals surface area contributed by atoms with Gasteiger partial charge in [-0.25, -0.2) is 18.7 Å². The monoisotopic (exact) mass is 716 g/mol. The fourth-order valence-electron chi connectivity index (χ4n) is 9.11. The van der Waals surface area contributed by atoms with Gasteiger partial charge in [0.25, 0.3) is 0 Å². The lowest BCUT2D eigenvalue weighted by molar-refractivity contribution is -0.129. The Kier molecular flexibility index (Phi) is 9.60. The first-order valence-electron chi connectivity index (χ1n) is 18.4. The molecule has 1 amide bonds. The van der Waals surface area contributed by atoms with E-state index in [0.717, 1.165) is 60.3 Å². The van der Waals surface area contributed by atoms with Crippen molar-refractivity contribution >= 4 is 23.1 Å². The number of nitrogens with one attached hydrogen (secondary N) is 1. The van der Waals surface area contributed by atoms with Crippen LogP contribution in [0.4, 0.5) is 26.0 Å². The quantitative estimate of drug-likeness (QED) is 0.273. The van der Waals surface area contributed by atoms with Crippen molar-refractivity contribution in [2.45, 2.75) is 107 Å². The van der Waals surface area contributed by atoms with Crippen molar-refractivity contribution < 1.29 is 23.4 Å². The van der Waals surface area contributed by atoms with E-state index in [1.54, 1.807) is 30.3 Å². The number of anilines is 3. The summed E-state index contributed by atoms with van der Waals surface area (Å²) in [5.41, 5.74) is 2.80. The average molecular weight is 717 g/mol. The van der Waals surface area contributed by atoms with E-state index in [-0.39, 0.29) is 43.3 Å². The van der Waals surface area contributed by atoms with Crippen molar-refractivity contribution in [1.82, 2.24) is 24.8 Å². The molecule has 0 spiro atoms. The fraction of sp³-hybridized carbons (Fsp3) is 0.564. The van der Waals surface area contributed by atoms with Crippen molar-refractivity contribution in [2.24, 2.45) is 0 Å². The number of carbonyl (C=O) groups excluding carboxylic acids is 1. The largest absolute Gasteiger partial charge is 0.461 e. The van der Waals surface area contributed by atoms with Gasteiger partial charge in [0.1, 0.15) is 30.7 Å². The minimum absolute atomic E-state index is 0.0557. The minimum Gasteiger partial charge on any atom is -0.461 e. The second kappa shape index (κ2) is 13.9. The van der Waals surface area contributed by atoms with Crippen molar-refractivity contribution in [1.29, 1.82) is 0 Å². The van der Waals surface area contributed by atoms with Gasteiger partial charge >= 0.3 is 6.01 Å². The lowest BCUT2D eigenvalue weighted by Gasteiger charge is -2.46. The summed E-state index contributed by atoms with van der Waals surface area (Å²) in [5.74, 6) is 0.276. The third-order valence-corrected chi connectivity index (χ3v) is 11.9. The Hall–Kier alpha value is -4.39. The predicted molar refractivity (Wildman–Crippen MR) is 196 cm³/mol. The zero-order chi connectivity index (χ0) is 36.8. The van der Waals surface area contributed by atoms with Gasteiger partial charge in [0.05, 0.1) is 47.0 Å². The zero-order valence-electron chi connectivity index (χ0n) is 30.7. The van der Waals surface area contributed by atoms with Crippen LogP contribution in [0.1, 0.15) is 74.8 Å². The number of hydrogen-bond donors (Lipinski definition) is 2. The standard InChI is InChI=1S/C39H50F2N8O3/c1-6-33(50)47(5)39(13-7-8-14-39)21-44-35-30-11-10-28(48-22-38(4,51)16-26-9-12-31(41)25(2)34(26)48)15-32(30)45-36(46-35)52-23-37(3)17-27(40)20-49(37)29-18-42-24-43-19-29/h6,9,12,18-19,24,27-28,51H,1,7-8,10-11,13-17,20-23H2,2-5H3,(H,44,45,46)/t27-,28+,37+,38+/m1/s1. The number of hydrogen-bond acceptors (Lipinski definition) is 10. The summed E-state index contributed by atoms with van der Waals surface area (Å²) in [7, 11) is 1.84. The van der Waals surface area contributed by atoms with E-state index in [1.165, 1.54) is 18.5 Å². The van der Waals surface area contributed by atoms with Gasteiger partial charge in [-0.2, -0.15) is 9.97 Å². The van der Waals surface area contributed by atoms with Gasteiger partial charge in [-0.1, -0.05) is 25.5 Å². The predicted octanol–water partition coefficient (Wildman–Crippen LogP) is 5.14. The molecule has 1 aromatic carbocycles. The number of carbonyl (C=O) groups is 1. The number of β-amino-alcohol motifs (C(OH)–C–C–N with tert-alkyl or cyclic N) is 1. The highest BCUT2D eigenvalue weighted by Gasteiger charge is 2.45. The molecular formula is C39H50F2N8O3. The van der Waals surface area contributed by atoms with Crippen LogP contribution in [0.2, 0.25) is 0 Å². The van der Waals surface area contributed by atoms with Gasteiger partial charge in [-0.05, 0) is 64.2 Å². The van der Waals surface area contributed by atoms with Gasteiger partial charge in [-0.15, -0.1) is 0 Å². The summed E-state index contributed by atoms with van der Waals surface area (Å²) in [6.45, 7) is 10.5. The number of halogens is 2. The SMILES string of the molecule is C=CC(=O)N(C)C1(CNc2nc(OC[C@]3(C)C[C@@H](F)CN3c3cncnc3)nc3c2CC[C@H](N2C[C@@](C)(O)Cc4ccc(F)c(C)c42)C3)CCCC1. The molecule has 0 bridgehead atoms. The molecule has 4 atom stereocenters. The van der Waals surface area contributed by atoms with Crippen LogP contribution in [-0.4, -0.2) is 98.0 Å². The smallest absolute Gasteiger partial charge is 0.318 e. The molecule has 2 aliphatic heterocycles. The average Bonchev–Trinajstić information content (AvgIpc) is 3.74. The summed E-state index contributed by atoms with van der Waals surface area (Å²) < 4.78 is 36.4. The van der Waals surface area contributed by atoms with Crippen molar-refractivity contribution in [2.75, 3.05) is 48.4 Å². The highest BCUT2D eigenvalue weighted by Crippen LogP contribution is 2.42. The molecule has 3 aromatic rings. The highest BCUT2D eigenvalue weighted by atomic mass is 19.1. The summed E-state index contributed by atoms with van der Waals surface area (Å²) in [5, 5.41) is 14.9. The summed E-state index contributed by atoms with van der Waals surface area (Å²) in [4.78, 5) is 36.9. The maximum atomic E-state index is 15.0. The van der Waals surface area contributed by atoms with Crippen LogP contribution in [0.15, 0.2) is 43.5 Å². The molecule has 0 unspecified atom stereocenters. The summed E-state index contributed by atoms with van der Waals surface area (Å²) in [6.07, 6.45) is 11.5. The molecule has 11 nitrogen and oxygen atoms in total. The van der Waals surface area contributed by atoms with Gasteiger partial charge in [-0.3, -0.25) is 4.79 Å². The molecule has 0 radical (unpaired) electrons. The Morgan fingerprint density at radius 1 is 1.21 bits per heavy atom. The molecule has 2 fully saturated rings. The molecule has 13 heteroatoms. The Labute approximate surface area is 304 Å². The number of benzene rings is 1. The van der Waals surface area contributed by atoms with E-state index in [9.17, 15) is 18.7 Å². The first kappa shape index (κ1) is 36.0. The van der Waals surface area contributed by atoms with Crippen LogP contribution in [-0.2, 0) is 24.1 Å². The van der Waals surface area contributed by atoms with E-state index >= 15 is 0 Å². The molecule has 1 saturated heterocycles. The maximum Gasteiger partial charge on any atom is 0.318 e. The van der Waals surface area contributed by atoms with Crippen LogP contribution in [0, 0.1) is 12.7 Å². The van der Waals surface area contributed by atoms with Gasteiger partial charge in [0, 0.05) is 62.3 Å². The van der Waals surface area contributed by atoms with Crippen molar-refractivity contribution in [3.8, 4) is 6.01 Å². The molecule has 2 N–H and O–H groups in total. The maximum absolute atomic E-state index is 15.0. The van der Waals surface area contributed by atoms with Gasteiger partial charge < -0.3 is 29.9 Å². The number of fused-ring (bicyclic) bond motifs is 2. The number of aliphatic hydroxyl groups is 1. The van der Waals surface area contributed by atoms with E-state index in [2.05, 4.69) is 26.8 Å². The first-order valence-corrected chi connectivity index (χ1v) is 18.4. The zero-order valence-corrected chi connectivity index (χ0v) is 30.7. The van der Waals surface area contributed by atoms with Crippen molar-refractivity contribution in [3.63, 3.8) is 0 Å². The Balaban J connectivity index is 1.21. The summed E-state index contributed by atoms with van der Waals surface area (Å²) in [6, 6.07) is 3.39. The Morgan fingerprint density at radius 2 is 1.96 bits per heavy atom. The number of ether oxygens (including phenoxy) is 1. The highest BCUT2D eigenvalue weighted by molar-refractivity contribution is 5.87. The number of rotatable bonds is 10. The molecule has 2 aliphatic carbocycles. The number of amides is 1. The summed E-state index contributed by atoms with van der Waals surface area (Å²) >= 11 is 0. The molecule has 1 saturated carbocycles. The number of likely N-dealkylation sites (N-methyl/N-ethyl adjacent to an activating group) is 1. The van der Waals surface area contributed by atoms with Gasteiger partial charge in [0.15, 0.2) is 0 Å². The molecule has 4 aliphatic rings. The fourth-order valence-corrected chi connectivity index (χ4v) is 9.11. The molecule has 4 heterocycles. The van der Waals surface area contributed by atoms with E-state index < -0.39 is 22.9 Å². The second-order valence-electron chi connectivity index (χ2n) is 15.8. The first-order chi connectivity index (χ1) is 24.8. The second-order valence-corrected chi connectivity index (χ2v) is 15.8. The third-order valence-electron chi connectivity index (χ3n) is 11.9. The molecule has 7 rings (SSSR count). The van der Waals surface area contributed by atoms with Crippen LogP contribution in [0.5, 0.6) is 6.01 Å². The van der Waals surface area contributed by atoms with Crippen LogP contribution >= 0.6 is 0 Å². The van der Waals surface area contributed by atoms with E-state index in [0.29, 0.717) is 43.7 Å². The molecular weight excluding hydrogens is 666 g/mol. The lowest BCUT2D eigenvalue weighted by atomic mass is 9.84. The van der Waals surface area contributed by atoms with Gasteiger partial charge in [0.2, 0.25) is 5.91 Å². The number of nitrogens with zero attached hydrogens (tertiary/aromatic N) is 7. The minimum atomic E-state index is -1.05. The van der Waals surface area contributed by atoms with E-state index in [4.69, 9.17) is 14.7 Å². The van der Waals surface area contributed by atoms with E-state index in [1.807, 2.05) is 25.8 Å². The van der Waals surface area contributed by atoms with Crippen LogP contribution < -0.4 is 19.9 Å². The Bertz CT molecular complexity index is 1820. The normalized spacial score (nSPS) is 26.4. The van der Waals surface area contributed by atoms with Crippen LogP contribution in [0.3, 0.4) is 0 Å². The van der Waals surface area contributed by atoms with Crippen molar-refractivity contribution in [3.05, 3.63) is 71.7 Å². The third kappa shape index (κ3) is 6.79. The topological polar surface area (TPSA) is 120 Å². The molecule has 52 heavy (non-hydrogen) atoms. The lowest BCUT2D eigenvalue weighted by Crippen LogP contribution is -2.53. The number of alkyl halides is 1. The Morgan fingerprint density at radius 3 is 2.69 bits per heavy atom. The van der Waals surface area contributed by atoms with Crippen LogP contribution in [0.25, 0.3) is 0 Å².